The molecule has 2 aliphatic heterocycles. The van der Waals surface area contributed by atoms with Crippen LogP contribution in [0.1, 0.15) is 82.8 Å². The van der Waals surface area contributed by atoms with Crippen molar-refractivity contribution in [1.29, 1.82) is 0 Å². The van der Waals surface area contributed by atoms with Gasteiger partial charge in [-0.2, -0.15) is 0 Å². The van der Waals surface area contributed by atoms with Crippen LogP contribution in [0.15, 0.2) is 48.5 Å². The fourth-order valence-corrected chi connectivity index (χ4v) is 6.69. The number of nitrogens with zero attached hydrogens (tertiary/aromatic N) is 3. The minimum Gasteiger partial charge on any atom is -0.465 e. The Labute approximate surface area is 260 Å². The van der Waals surface area contributed by atoms with Crippen LogP contribution in [0.3, 0.4) is 0 Å². The zero-order valence-electron chi connectivity index (χ0n) is 26.9. The molecule has 0 saturated carbocycles. The van der Waals surface area contributed by atoms with Gasteiger partial charge in [0.1, 0.15) is 6.61 Å². The molecule has 0 radical (unpaired) electrons. The molecule has 238 valence electrons. The number of carbonyl (C=O) groups is 4. The van der Waals surface area contributed by atoms with Crippen molar-refractivity contribution in [2.24, 2.45) is 5.41 Å². The summed E-state index contributed by atoms with van der Waals surface area (Å²) in [5.74, 6) is -0.316. The van der Waals surface area contributed by atoms with Crippen molar-refractivity contribution in [3.63, 3.8) is 0 Å². The van der Waals surface area contributed by atoms with Crippen LogP contribution in [0.2, 0.25) is 0 Å². The van der Waals surface area contributed by atoms with Gasteiger partial charge in [0.15, 0.2) is 0 Å². The van der Waals surface area contributed by atoms with E-state index in [1.54, 1.807) is 17.0 Å². The highest BCUT2D eigenvalue weighted by Crippen LogP contribution is 2.42. The van der Waals surface area contributed by atoms with Crippen LogP contribution in [0.25, 0.3) is 0 Å². The van der Waals surface area contributed by atoms with Gasteiger partial charge in [0.05, 0.1) is 17.5 Å². The quantitative estimate of drug-likeness (QED) is 0.401. The van der Waals surface area contributed by atoms with E-state index in [-0.39, 0.29) is 49.6 Å². The molecule has 1 fully saturated rings. The Morgan fingerprint density at radius 1 is 1.11 bits per heavy atom. The fraction of sp³-hybridized carbons (Fsp3) is 0.529. The number of alkyl carbamates (subject to hydrolysis) is 1. The van der Waals surface area contributed by atoms with Gasteiger partial charge in [-0.3, -0.25) is 9.59 Å². The van der Waals surface area contributed by atoms with Gasteiger partial charge in [0.25, 0.3) is 5.91 Å². The number of piperidine rings is 1. The molecule has 0 aliphatic carbocycles. The molecule has 10 nitrogen and oxygen atoms in total. The lowest BCUT2D eigenvalue weighted by Gasteiger charge is -2.51. The first kappa shape index (κ1) is 32.8. The lowest BCUT2D eigenvalue weighted by atomic mass is 9.76. The second-order valence-corrected chi connectivity index (χ2v) is 13.6. The average Bonchev–Trinajstić information content (AvgIpc) is 3.15. The van der Waals surface area contributed by atoms with Gasteiger partial charge in [-0.15, -0.1) is 0 Å². The maximum absolute atomic E-state index is 14.3. The summed E-state index contributed by atoms with van der Waals surface area (Å²) in [6, 6.07) is 13.9. The number of anilines is 1. The maximum atomic E-state index is 14.3. The zero-order chi connectivity index (χ0) is 32.4. The molecule has 44 heavy (non-hydrogen) atoms. The fourth-order valence-electron chi connectivity index (χ4n) is 6.69. The lowest BCUT2D eigenvalue weighted by Crippen LogP contribution is -2.63. The number of carbonyl (C=O) groups excluding carboxylic acids is 3. The number of benzene rings is 2. The molecule has 1 unspecified atom stereocenters. The Morgan fingerprint density at radius 3 is 2.41 bits per heavy atom. The Morgan fingerprint density at radius 2 is 1.80 bits per heavy atom. The van der Waals surface area contributed by atoms with Crippen molar-refractivity contribution in [2.45, 2.75) is 91.5 Å². The van der Waals surface area contributed by atoms with Gasteiger partial charge in [-0.05, 0) is 69.2 Å². The van der Waals surface area contributed by atoms with Crippen LogP contribution in [0.5, 0.6) is 0 Å². The van der Waals surface area contributed by atoms with E-state index in [4.69, 9.17) is 4.74 Å². The van der Waals surface area contributed by atoms with E-state index in [2.05, 4.69) is 5.32 Å². The van der Waals surface area contributed by atoms with Gasteiger partial charge in [-0.1, -0.05) is 57.2 Å². The largest absolute Gasteiger partial charge is 0.465 e. The first-order valence-corrected chi connectivity index (χ1v) is 15.4. The van der Waals surface area contributed by atoms with Crippen molar-refractivity contribution in [2.75, 3.05) is 24.5 Å². The molecule has 2 aromatic rings. The van der Waals surface area contributed by atoms with Crippen molar-refractivity contribution in [1.82, 2.24) is 15.1 Å². The molecule has 2 heterocycles. The standard InChI is InChI=1S/C34H46N4O6/c1-22(2)38(26-14-11-18-37(32(42)43)28(26)33(3,4)5)29(39)24-15-16-25-27(20-24)36(30(40)34(25,6)7)19-17-35-31(41)44-21-23-12-9-8-10-13-23/h8-10,12-13,15-16,20,22,26,28H,11,14,17-19,21H2,1-7H3,(H,35,41)(H,42,43)/t26-,28?/m1/s1. The summed E-state index contributed by atoms with van der Waals surface area (Å²) in [6.07, 6.45) is -0.184. The molecule has 4 amide bonds. The SMILES string of the molecule is CC(C)N(C(=O)c1ccc2c(c1)N(CCNC(=O)OCc1ccccc1)C(=O)C2(C)C)[C@@H]1CCCN(C(=O)O)C1C(C)(C)C. The van der Waals surface area contributed by atoms with Crippen LogP contribution in [0, 0.1) is 5.41 Å². The molecule has 2 N–H and O–H groups in total. The van der Waals surface area contributed by atoms with Gasteiger partial charge >= 0.3 is 12.2 Å². The molecule has 2 atom stereocenters. The van der Waals surface area contributed by atoms with Gasteiger partial charge in [-0.25, -0.2) is 9.59 Å². The summed E-state index contributed by atoms with van der Waals surface area (Å²) < 4.78 is 5.30. The van der Waals surface area contributed by atoms with Crippen LogP contribution in [0.4, 0.5) is 15.3 Å². The highest BCUT2D eigenvalue weighted by Gasteiger charge is 2.47. The average molecular weight is 607 g/mol. The predicted molar refractivity (Wildman–Crippen MR) is 169 cm³/mol. The minimum atomic E-state index is -0.975. The molecule has 0 bridgehead atoms. The highest BCUT2D eigenvalue weighted by molar-refractivity contribution is 6.09. The number of hydrogen-bond donors (Lipinski definition) is 2. The van der Waals surface area contributed by atoms with Gasteiger partial charge in [0.2, 0.25) is 5.91 Å². The monoisotopic (exact) mass is 606 g/mol. The Kier molecular flexibility index (Phi) is 9.61. The minimum absolute atomic E-state index is 0.116. The van der Waals surface area contributed by atoms with E-state index in [1.165, 1.54) is 4.90 Å². The van der Waals surface area contributed by atoms with E-state index in [0.717, 1.165) is 11.1 Å². The first-order valence-electron chi connectivity index (χ1n) is 15.4. The lowest BCUT2D eigenvalue weighted by molar-refractivity contribution is -0.122. The first-order chi connectivity index (χ1) is 20.6. The van der Waals surface area contributed by atoms with Crippen molar-refractivity contribution in [3.8, 4) is 0 Å². The Balaban J connectivity index is 1.55. The molecule has 2 aliphatic rings. The summed E-state index contributed by atoms with van der Waals surface area (Å²) >= 11 is 0. The van der Waals surface area contributed by atoms with E-state index in [9.17, 15) is 24.3 Å². The number of carboxylic acid groups (broad SMARTS) is 1. The number of likely N-dealkylation sites (tertiary alicyclic amines) is 1. The topological polar surface area (TPSA) is 119 Å². The van der Waals surface area contributed by atoms with Crippen molar-refractivity contribution < 1.29 is 29.0 Å². The zero-order valence-corrected chi connectivity index (χ0v) is 26.9. The van der Waals surface area contributed by atoms with E-state index in [0.29, 0.717) is 30.6 Å². The normalized spacial score (nSPS) is 19.5. The molecule has 2 aromatic carbocycles. The van der Waals surface area contributed by atoms with Crippen LogP contribution in [-0.2, 0) is 21.6 Å². The van der Waals surface area contributed by atoms with E-state index < -0.39 is 23.0 Å². The predicted octanol–water partition coefficient (Wildman–Crippen LogP) is 5.64. The van der Waals surface area contributed by atoms with Crippen LogP contribution in [-0.4, -0.2) is 76.7 Å². The molecular weight excluding hydrogens is 560 g/mol. The highest BCUT2D eigenvalue weighted by atomic mass is 16.5. The third kappa shape index (κ3) is 6.69. The molecular formula is C34H46N4O6. The number of hydrogen-bond acceptors (Lipinski definition) is 5. The molecule has 1 saturated heterocycles. The molecule has 0 aromatic heterocycles. The van der Waals surface area contributed by atoms with E-state index in [1.807, 2.05) is 89.8 Å². The second-order valence-electron chi connectivity index (χ2n) is 13.6. The summed E-state index contributed by atoms with van der Waals surface area (Å²) in [4.78, 5) is 57.2. The van der Waals surface area contributed by atoms with Crippen molar-refractivity contribution in [3.05, 3.63) is 65.2 Å². The Bertz CT molecular complexity index is 1380. The molecule has 4 rings (SSSR count). The third-order valence-electron chi connectivity index (χ3n) is 8.69. The van der Waals surface area contributed by atoms with E-state index >= 15 is 0 Å². The summed E-state index contributed by atoms with van der Waals surface area (Å²) in [7, 11) is 0. The summed E-state index contributed by atoms with van der Waals surface area (Å²) in [6.45, 7) is 14.6. The van der Waals surface area contributed by atoms with Crippen molar-refractivity contribution >= 4 is 29.7 Å². The molecule has 10 heteroatoms. The molecule has 0 spiro atoms. The van der Waals surface area contributed by atoms with Gasteiger partial charge in [0, 0.05) is 36.9 Å². The number of fused-ring (bicyclic) bond motifs is 1. The van der Waals surface area contributed by atoms with Crippen LogP contribution >= 0.6 is 0 Å². The number of ether oxygens (including phenoxy) is 1. The van der Waals surface area contributed by atoms with Gasteiger partial charge < -0.3 is 29.9 Å². The Hall–Kier alpha value is -4.08. The van der Waals surface area contributed by atoms with Crippen LogP contribution < -0.4 is 10.2 Å². The smallest absolute Gasteiger partial charge is 0.407 e. The second kappa shape index (κ2) is 12.9. The number of amides is 4. The number of rotatable bonds is 8. The maximum Gasteiger partial charge on any atom is 0.407 e. The summed E-state index contributed by atoms with van der Waals surface area (Å²) in [5, 5.41) is 12.7. The third-order valence-corrected chi connectivity index (χ3v) is 8.69. The number of nitrogens with one attached hydrogen (secondary N) is 1. The summed E-state index contributed by atoms with van der Waals surface area (Å²) in [5.41, 5.74) is 1.56.